The molecule has 1 saturated carbocycles. The molecule has 8 heteroatoms. The minimum absolute atomic E-state index is 0.120. The molecular formula is C27H38N2O6. The summed E-state index contributed by atoms with van der Waals surface area (Å²) in [4.78, 5) is 11.0. The predicted octanol–water partition coefficient (Wildman–Crippen LogP) is 2.63. The number of amides is 1. The molecule has 1 aliphatic carbocycles. The van der Waals surface area contributed by atoms with Gasteiger partial charge in [0.2, 0.25) is 5.91 Å². The minimum Gasteiger partial charge on any atom is -0.493 e. The number of ether oxygens (including phenoxy) is 4. The van der Waals surface area contributed by atoms with E-state index >= 15 is 0 Å². The van der Waals surface area contributed by atoms with E-state index in [1.165, 1.54) is 0 Å². The average molecular weight is 487 g/mol. The molecule has 192 valence electrons. The summed E-state index contributed by atoms with van der Waals surface area (Å²) in [6, 6.07) is 13.3. The van der Waals surface area contributed by atoms with Crippen molar-refractivity contribution < 1.29 is 28.8 Å². The standard InChI is InChI=1S/C27H38N2O6/c1-32-25-12-9-20(15-26(25)33-2)13-14-34-24-6-4-3-5-23(24)29-17-21(30)18-35-22-10-7-19(8-11-22)16-27(28)31/h7-12,15,21,23-24,29-30H,3-6,13-14,16-18H2,1-2H3,(H2,28,31)/t21-,23+,24+/m0/s1. The summed E-state index contributed by atoms with van der Waals surface area (Å²) in [6.45, 7) is 1.23. The second-order valence-corrected chi connectivity index (χ2v) is 8.90. The molecule has 4 N–H and O–H groups in total. The lowest BCUT2D eigenvalue weighted by atomic mass is 9.92. The molecule has 3 rings (SSSR count). The first kappa shape index (κ1) is 26.8. The Bertz CT molecular complexity index is 920. The molecule has 0 bridgehead atoms. The van der Waals surface area contributed by atoms with Crippen LogP contribution < -0.4 is 25.3 Å². The second-order valence-electron chi connectivity index (χ2n) is 8.90. The van der Waals surface area contributed by atoms with Crippen LogP contribution in [0.15, 0.2) is 42.5 Å². The molecule has 0 radical (unpaired) electrons. The maximum absolute atomic E-state index is 11.0. The van der Waals surface area contributed by atoms with E-state index in [1.807, 2.05) is 18.2 Å². The Hall–Kier alpha value is -2.81. The highest BCUT2D eigenvalue weighted by Gasteiger charge is 2.26. The van der Waals surface area contributed by atoms with Crippen molar-refractivity contribution in [1.82, 2.24) is 5.32 Å². The van der Waals surface area contributed by atoms with Gasteiger partial charge in [-0.25, -0.2) is 0 Å². The number of nitrogens with one attached hydrogen (secondary N) is 1. The van der Waals surface area contributed by atoms with Crippen molar-refractivity contribution in [3.05, 3.63) is 53.6 Å². The Labute approximate surface area is 207 Å². The molecule has 0 unspecified atom stereocenters. The van der Waals surface area contributed by atoms with Gasteiger partial charge in [-0.2, -0.15) is 0 Å². The Morgan fingerprint density at radius 3 is 2.49 bits per heavy atom. The van der Waals surface area contributed by atoms with E-state index in [0.29, 0.717) is 18.9 Å². The molecule has 0 aromatic heterocycles. The number of aliphatic hydroxyl groups is 1. The topological polar surface area (TPSA) is 112 Å². The number of rotatable bonds is 14. The number of nitrogens with two attached hydrogens (primary N) is 1. The number of methoxy groups -OCH3 is 2. The fraction of sp³-hybridized carbons (Fsp3) is 0.519. The van der Waals surface area contributed by atoms with Gasteiger partial charge in [-0.3, -0.25) is 4.79 Å². The molecule has 35 heavy (non-hydrogen) atoms. The Morgan fingerprint density at radius 1 is 1.06 bits per heavy atom. The van der Waals surface area contributed by atoms with Crippen LogP contribution in [0.5, 0.6) is 17.2 Å². The number of hydrogen-bond donors (Lipinski definition) is 3. The van der Waals surface area contributed by atoms with Gasteiger partial charge >= 0.3 is 0 Å². The van der Waals surface area contributed by atoms with Crippen molar-refractivity contribution in [2.75, 3.05) is 34.0 Å². The first-order valence-corrected chi connectivity index (χ1v) is 12.2. The summed E-state index contributed by atoms with van der Waals surface area (Å²) in [5, 5.41) is 13.9. The predicted molar refractivity (Wildman–Crippen MR) is 134 cm³/mol. The fourth-order valence-electron chi connectivity index (χ4n) is 4.34. The summed E-state index contributed by atoms with van der Waals surface area (Å²) in [5.74, 6) is 1.72. The van der Waals surface area contributed by atoms with Crippen molar-refractivity contribution in [2.24, 2.45) is 5.73 Å². The molecule has 2 aromatic carbocycles. The first-order valence-electron chi connectivity index (χ1n) is 12.2. The van der Waals surface area contributed by atoms with Crippen LogP contribution >= 0.6 is 0 Å². The molecule has 3 atom stereocenters. The van der Waals surface area contributed by atoms with Crippen LogP contribution in [0.2, 0.25) is 0 Å². The van der Waals surface area contributed by atoms with E-state index in [4.69, 9.17) is 24.7 Å². The third-order valence-corrected chi connectivity index (χ3v) is 6.23. The Kier molecular flexibility index (Phi) is 10.7. The number of carbonyl (C=O) groups excluding carboxylic acids is 1. The summed E-state index contributed by atoms with van der Waals surface area (Å²) in [5.41, 5.74) is 7.18. The monoisotopic (exact) mass is 486 g/mol. The van der Waals surface area contributed by atoms with Gasteiger partial charge in [0.15, 0.2) is 11.5 Å². The number of carbonyl (C=O) groups is 1. The highest BCUT2D eigenvalue weighted by molar-refractivity contribution is 5.76. The zero-order chi connectivity index (χ0) is 25.0. The highest BCUT2D eigenvalue weighted by atomic mass is 16.5. The zero-order valence-electron chi connectivity index (χ0n) is 20.7. The Morgan fingerprint density at radius 2 is 1.77 bits per heavy atom. The van der Waals surface area contributed by atoms with E-state index in [9.17, 15) is 9.90 Å². The van der Waals surface area contributed by atoms with Crippen LogP contribution in [0.4, 0.5) is 0 Å². The maximum atomic E-state index is 11.0. The van der Waals surface area contributed by atoms with Crippen molar-refractivity contribution in [3.63, 3.8) is 0 Å². The Balaban J connectivity index is 1.40. The van der Waals surface area contributed by atoms with Crippen molar-refractivity contribution in [1.29, 1.82) is 0 Å². The molecule has 2 aromatic rings. The number of aliphatic hydroxyl groups excluding tert-OH is 1. The molecule has 0 aliphatic heterocycles. The minimum atomic E-state index is -0.644. The van der Waals surface area contributed by atoms with Crippen molar-refractivity contribution in [3.8, 4) is 17.2 Å². The summed E-state index contributed by atoms with van der Waals surface area (Å²) >= 11 is 0. The fourth-order valence-corrected chi connectivity index (χ4v) is 4.34. The van der Waals surface area contributed by atoms with E-state index in [-0.39, 0.29) is 31.1 Å². The lowest BCUT2D eigenvalue weighted by molar-refractivity contribution is -0.117. The smallest absolute Gasteiger partial charge is 0.221 e. The van der Waals surface area contributed by atoms with Gasteiger partial charge in [0, 0.05) is 12.6 Å². The van der Waals surface area contributed by atoms with Gasteiger partial charge in [0.1, 0.15) is 18.5 Å². The third kappa shape index (κ3) is 8.72. The molecule has 1 aliphatic rings. The van der Waals surface area contributed by atoms with Crippen LogP contribution in [0.3, 0.4) is 0 Å². The number of benzene rings is 2. The van der Waals surface area contributed by atoms with Crippen LogP contribution in [0.25, 0.3) is 0 Å². The highest BCUT2D eigenvalue weighted by Crippen LogP contribution is 2.28. The van der Waals surface area contributed by atoms with Gasteiger partial charge < -0.3 is 35.1 Å². The quantitative estimate of drug-likeness (QED) is 0.376. The molecule has 0 spiro atoms. The van der Waals surface area contributed by atoms with Gasteiger partial charge in [0.25, 0.3) is 0 Å². The number of primary amides is 1. The molecule has 8 nitrogen and oxygen atoms in total. The second kappa shape index (κ2) is 13.9. The summed E-state index contributed by atoms with van der Waals surface area (Å²) in [6.07, 6.45) is 4.80. The van der Waals surface area contributed by atoms with E-state index in [0.717, 1.165) is 54.7 Å². The summed E-state index contributed by atoms with van der Waals surface area (Å²) in [7, 11) is 3.27. The van der Waals surface area contributed by atoms with Gasteiger partial charge in [-0.15, -0.1) is 0 Å². The zero-order valence-corrected chi connectivity index (χ0v) is 20.7. The van der Waals surface area contributed by atoms with Crippen molar-refractivity contribution in [2.45, 2.75) is 56.8 Å². The number of hydrogen-bond acceptors (Lipinski definition) is 7. The SMILES string of the molecule is COc1ccc(CCO[C@@H]2CCCC[C@H]2NC[C@H](O)COc2ccc(CC(N)=O)cc2)cc1OC. The molecular weight excluding hydrogens is 448 g/mol. The van der Waals surface area contributed by atoms with Crippen LogP contribution in [0.1, 0.15) is 36.8 Å². The molecule has 0 heterocycles. The van der Waals surface area contributed by atoms with Crippen molar-refractivity contribution >= 4 is 5.91 Å². The van der Waals surface area contributed by atoms with E-state index in [1.54, 1.807) is 38.5 Å². The molecule has 0 saturated heterocycles. The van der Waals surface area contributed by atoms with Crippen LogP contribution in [-0.2, 0) is 22.4 Å². The molecule has 1 fully saturated rings. The van der Waals surface area contributed by atoms with E-state index < -0.39 is 6.10 Å². The van der Waals surface area contributed by atoms with Gasteiger partial charge in [-0.1, -0.05) is 31.0 Å². The third-order valence-electron chi connectivity index (χ3n) is 6.23. The molecule has 1 amide bonds. The lowest BCUT2D eigenvalue weighted by Gasteiger charge is -2.33. The van der Waals surface area contributed by atoms with Crippen LogP contribution in [-0.4, -0.2) is 63.2 Å². The first-order chi connectivity index (χ1) is 17.0. The normalized spacial score (nSPS) is 18.6. The lowest BCUT2D eigenvalue weighted by Crippen LogP contribution is -2.47. The largest absolute Gasteiger partial charge is 0.493 e. The summed E-state index contributed by atoms with van der Waals surface area (Å²) < 4.78 is 22.6. The average Bonchev–Trinajstić information content (AvgIpc) is 2.87. The van der Waals surface area contributed by atoms with Crippen LogP contribution in [0, 0.1) is 0 Å². The maximum Gasteiger partial charge on any atom is 0.221 e. The van der Waals surface area contributed by atoms with Gasteiger partial charge in [0.05, 0.1) is 33.4 Å². The van der Waals surface area contributed by atoms with Gasteiger partial charge in [-0.05, 0) is 54.7 Å². The van der Waals surface area contributed by atoms with E-state index in [2.05, 4.69) is 5.32 Å².